The number of anilines is 1. The molecule has 5 rings (SSSR count). The Bertz CT molecular complexity index is 1430. The number of nitrogens with zero attached hydrogens (tertiary/aromatic N) is 3. The van der Waals surface area contributed by atoms with Gasteiger partial charge in [0.05, 0.1) is 5.02 Å². The minimum Gasteiger partial charge on any atom is -0.385 e. The van der Waals surface area contributed by atoms with Gasteiger partial charge in [-0.05, 0) is 55.0 Å². The minimum absolute atomic E-state index is 0.111. The number of hydrogen-bond acceptors (Lipinski definition) is 5. The normalized spacial score (nSPS) is 16.4. The summed E-state index contributed by atoms with van der Waals surface area (Å²) in [4.78, 5) is 19.5. The van der Waals surface area contributed by atoms with Crippen LogP contribution in [0.5, 0.6) is 0 Å². The Hall–Kier alpha value is -3.39. The van der Waals surface area contributed by atoms with Crippen LogP contribution in [-0.4, -0.2) is 53.2 Å². The summed E-state index contributed by atoms with van der Waals surface area (Å²) in [6.07, 6.45) is 5.59. The number of carbonyl (C=O) groups excluding carboxylic acids is 1. The highest BCUT2D eigenvalue weighted by Crippen LogP contribution is 2.39. The molecule has 2 aromatic carbocycles. The molecule has 210 valence electrons. The fraction of sp³-hybridized carbons (Fsp3) is 0.375. The van der Waals surface area contributed by atoms with Gasteiger partial charge in [0.1, 0.15) is 5.82 Å². The van der Waals surface area contributed by atoms with Crippen molar-refractivity contribution in [2.45, 2.75) is 50.6 Å². The predicted octanol–water partition coefficient (Wildman–Crippen LogP) is 5.64. The smallest absolute Gasteiger partial charge is 0.224 e. The number of amides is 1. The molecule has 40 heavy (non-hydrogen) atoms. The zero-order chi connectivity index (χ0) is 28.1. The van der Waals surface area contributed by atoms with Crippen molar-refractivity contribution in [1.82, 2.24) is 14.5 Å². The maximum Gasteiger partial charge on any atom is 0.224 e. The van der Waals surface area contributed by atoms with E-state index >= 15 is 0 Å². The lowest BCUT2D eigenvalue weighted by molar-refractivity contribution is -0.132. The number of carbonyl (C=O) groups is 1. The summed E-state index contributed by atoms with van der Waals surface area (Å²) in [5.41, 5.74) is 17.6. The molecule has 4 aromatic rings. The number of methoxy groups -OCH3 is 1. The number of likely N-dealkylation sites (tertiary alicyclic amines) is 1. The number of pyridine rings is 1. The number of halogens is 1. The van der Waals surface area contributed by atoms with Gasteiger partial charge < -0.3 is 25.7 Å². The maximum absolute atomic E-state index is 13.4. The fourth-order valence-corrected chi connectivity index (χ4v) is 6.27. The molecule has 1 amide bonds. The third kappa shape index (κ3) is 6.33. The van der Waals surface area contributed by atoms with Gasteiger partial charge in [0.25, 0.3) is 0 Å². The van der Waals surface area contributed by atoms with Crippen LogP contribution in [0.25, 0.3) is 22.0 Å². The Morgan fingerprint density at radius 1 is 1.12 bits per heavy atom. The summed E-state index contributed by atoms with van der Waals surface area (Å²) in [5, 5.41) is 1.88. The monoisotopic (exact) mass is 559 g/mol. The molecule has 1 aliphatic heterocycles. The number of benzene rings is 2. The van der Waals surface area contributed by atoms with Crippen LogP contribution in [0.4, 0.5) is 5.82 Å². The Morgan fingerprint density at radius 3 is 2.65 bits per heavy atom. The van der Waals surface area contributed by atoms with Crippen molar-refractivity contribution in [2.24, 2.45) is 5.73 Å². The Balaban J connectivity index is 1.23. The summed E-state index contributed by atoms with van der Waals surface area (Å²) >= 11 is 6.98. The zero-order valence-corrected chi connectivity index (χ0v) is 23.8. The number of ether oxygens (including phenoxy) is 1. The van der Waals surface area contributed by atoms with E-state index < -0.39 is 0 Å². The highest BCUT2D eigenvalue weighted by molar-refractivity contribution is 6.36. The molecule has 0 spiro atoms. The first-order chi connectivity index (χ1) is 19.4. The van der Waals surface area contributed by atoms with Gasteiger partial charge in [0, 0.05) is 80.1 Å². The van der Waals surface area contributed by atoms with Crippen LogP contribution in [0.1, 0.15) is 42.9 Å². The molecule has 7 nitrogen and oxygen atoms in total. The number of hydrogen-bond donors (Lipinski definition) is 2. The van der Waals surface area contributed by atoms with E-state index in [9.17, 15) is 4.79 Å². The van der Waals surface area contributed by atoms with Gasteiger partial charge in [-0.1, -0.05) is 54.1 Å². The minimum atomic E-state index is -0.249. The van der Waals surface area contributed by atoms with Gasteiger partial charge in [-0.3, -0.25) is 4.79 Å². The topological polar surface area (TPSA) is 99.4 Å². The lowest BCUT2D eigenvalue weighted by Crippen LogP contribution is -2.42. The second-order valence-electron chi connectivity index (χ2n) is 10.7. The van der Waals surface area contributed by atoms with Crippen molar-refractivity contribution in [3.8, 4) is 11.1 Å². The van der Waals surface area contributed by atoms with E-state index in [0.717, 1.165) is 70.7 Å². The number of rotatable bonds is 10. The van der Waals surface area contributed by atoms with Crippen molar-refractivity contribution in [1.29, 1.82) is 0 Å². The van der Waals surface area contributed by atoms with Crippen molar-refractivity contribution >= 4 is 34.2 Å². The molecule has 2 atom stereocenters. The first-order valence-electron chi connectivity index (χ1n) is 14.0. The summed E-state index contributed by atoms with van der Waals surface area (Å²) in [7, 11) is 1.73. The fourth-order valence-electron chi connectivity index (χ4n) is 5.85. The number of aryl methyl sites for hydroxylation is 1. The second kappa shape index (κ2) is 12.9. The van der Waals surface area contributed by atoms with Gasteiger partial charge in [-0.2, -0.15) is 0 Å². The van der Waals surface area contributed by atoms with E-state index in [1.54, 1.807) is 19.4 Å². The van der Waals surface area contributed by atoms with Crippen LogP contribution in [0.2, 0.25) is 5.02 Å². The van der Waals surface area contributed by atoms with Crippen LogP contribution >= 0.6 is 11.6 Å². The van der Waals surface area contributed by atoms with Crippen LogP contribution in [-0.2, 0) is 22.5 Å². The highest BCUT2D eigenvalue weighted by Gasteiger charge is 2.30. The van der Waals surface area contributed by atoms with E-state index in [1.165, 1.54) is 0 Å². The number of nitrogens with two attached hydrogens (primary N) is 2. The van der Waals surface area contributed by atoms with E-state index in [4.69, 9.17) is 27.8 Å². The summed E-state index contributed by atoms with van der Waals surface area (Å²) in [5.74, 6) is 0.801. The van der Waals surface area contributed by atoms with Crippen molar-refractivity contribution < 1.29 is 9.53 Å². The van der Waals surface area contributed by atoms with Gasteiger partial charge in [0.2, 0.25) is 5.91 Å². The lowest BCUT2D eigenvalue weighted by atomic mass is 9.93. The molecule has 3 heterocycles. The third-order valence-electron chi connectivity index (χ3n) is 7.85. The molecule has 2 unspecified atom stereocenters. The third-order valence-corrected chi connectivity index (χ3v) is 8.24. The largest absolute Gasteiger partial charge is 0.385 e. The molecule has 1 fully saturated rings. The first kappa shape index (κ1) is 28.1. The van der Waals surface area contributed by atoms with Crippen molar-refractivity contribution in [2.75, 3.05) is 32.5 Å². The van der Waals surface area contributed by atoms with Gasteiger partial charge in [-0.15, -0.1) is 0 Å². The van der Waals surface area contributed by atoms with E-state index in [2.05, 4.69) is 52.0 Å². The number of aromatic nitrogens is 2. The molecule has 0 bridgehead atoms. The number of piperidine rings is 1. The summed E-state index contributed by atoms with van der Waals surface area (Å²) in [6, 6.07) is 20.0. The predicted molar refractivity (Wildman–Crippen MR) is 162 cm³/mol. The molecule has 1 aliphatic rings. The molecule has 1 saturated heterocycles. The molecule has 0 aliphatic carbocycles. The molecular weight excluding hydrogens is 522 g/mol. The highest BCUT2D eigenvalue weighted by atomic mass is 35.5. The maximum atomic E-state index is 13.4. The molecule has 2 aromatic heterocycles. The second-order valence-corrected chi connectivity index (χ2v) is 11.1. The van der Waals surface area contributed by atoms with Gasteiger partial charge in [0.15, 0.2) is 0 Å². The average molecular weight is 560 g/mol. The lowest BCUT2D eigenvalue weighted by Gasteiger charge is -2.34. The van der Waals surface area contributed by atoms with E-state index in [-0.39, 0.29) is 17.9 Å². The van der Waals surface area contributed by atoms with Crippen LogP contribution < -0.4 is 11.5 Å². The molecule has 0 radical (unpaired) electrons. The number of para-hydroxylation sites is 1. The number of nitrogen functional groups attached to an aromatic ring is 1. The van der Waals surface area contributed by atoms with Gasteiger partial charge in [-0.25, -0.2) is 4.98 Å². The van der Waals surface area contributed by atoms with Crippen LogP contribution in [0.15, 0.2) is 66.9 Å². The Kier molecular flexibility index (Phi) is 9.04. The Morgan fingerprint density at radius 2 is 1.90 bits per heavy atom. The van der Waals surface area contributed by atoms with E-state index in [1.807, 2.05) is 17.0 Å². The zero-order valence-electron chi connectivity index (χ0n) is 23.1. The Labute approximate surface area is 241 Å². The SMILES string of the molecule is COCCCn1c(C2CCCN(C(=O)CC(N)Cc3ccc(-c4ccc(N)nc4)cc3)C2)c(Cl)c2ccccc21. The average Bonchev–Trinajstić information content (AvgIpc) is 3.25. The molecule has 4 N–H and O–H groups in total. The quantitative estimate of drug-likeness (QED) is 0.245. The molecular formula is C32H38ClN5O2. The van der Waals surface area contributed by atoms with Crippen molar-refractivity contribution in [3.05, 3.63) is 83.1 Å². The molecule has 0 saturated carbocycles. The van der Waals surface area contributed by atoms with E-state index in [0.29, 0.717) is 31.8 Å². The van der Waals surface area contributed by atoms with Crippen molar-refractivity contribution in [3.63, 3.8) is 0 Å². The van der Waals surface area contributed by atoms with Crippen LogP contribution in [0, 0.1) is 0 Å². The molecule has 8 heteroatoms. The first-order valence-corrected chi connectivity index (χ1v) is 14.4. The van der Waals surface area contributed by atoms with Crippen LogP contribution in [0.3, 0.4) is 0 Å². The standard InChI is InChI=1S/C32H38ClN5O2/c1-40-17-5-16-38-28-8-3-2-7-27(28)31(33)32(38)25-6-4-15-37(21-25)30(39)19-26(34)18-22-9-11-23(12-10-22)24-13-14-29(35)36-20-24/h2-3,7-14,20,25-26H,4-6,15-19,21,34H2,1H3,(H2,35,36). The number of fused-ring (bicyclic) bond motifs is 1. The summed E-state index contributed by atoms with van der Waals surface area (Å²) < 4.78 is 7.65. The van der Waals surface area contributed by atoms with Gasteiger partial charge >= 0.3 is 0 Å². The summed E-state index contributed by atoms with van der Waals surface area (Å²) in [6.45, 7) is 2.95.